The van der Waals surface area contributed by atoms with E-state index in [9.17, 15) is 5.11 Å². The number of anilines is 2. The van der Waals surface area contributed by atoms with Gasteiger partial charge in [0, 0.05) is 43.8 Å². The maximum absolute atomic E-state index is 9.63. The van der Waals surface area contributed by atoms with Gasteiger partial charge in [-0.2, -0.15) is 10.1 Å². The Hall–Kier alpha value is -3.34. The standard InChI is InChI=1S/C28H39N9O/c1-3-4-13-36(14-15-38)27-26-24(32-28(29)33-27)19-37(34-26)17-21-10-9-20(23-8-5-11-30-25(21)23)16-31-22-7-6-12-35(2)18-22/h5,8-11,19,22,31,38H,3-4,6-7,12-18H2,1-2H3,(H2,29,32)/t22-/m0/s1. The lowest BCUT2D eigenvalue weighted by molar-refractivity contribution is 0.226. The van der Waals surface area contributed by atoms with Gasteiger partial charge in [-0.1, -0.05) is 31.5 Å². The van der Waals surface area contributed by atoms with Crippen molar-refractivity contribution in [3.63, 3.8) is 0 Å². The number of hydrogen-bond donors (Lipinski definition) is 3. The molecule has 0 amide bonds. The molecule has 10 nitrogen and oxygen atoms in total. The Kier molecular flexibility index (Phi) is 8.31. The number of rotatable bonds is 11. The fraction of sp³-hybridized carbons (Fsp3) is 0.500. The minimum absolute atomic E-state index is 0.0339. The molecule has 0 radical (unpaired) electrons. The Morgan fingerprint density at radius 2 is 2.03 bits per heavy atom. The molecule has 38 heavy (non-hydrogen) atoms. The second kappa shape index (κ2) is 12.0. The van der Waals surface area contributed by atoms with E-state index in [1.165, 1.54) is 24.9 Å². The molecule has 0 unspecified atom stereocenters. The molecular formula is C28H39N9O. The van der Waals surface area contributed by atoms with Gasteiger partial charge in [-0.3, -0.25) is 9.67 Å². The van der Waals surface area contributed by atoms with Crippen LogP contribution in [0.15, 0.2) is 36.7 Å². The van der Waals surface area contributed by atoms with Gasteiger partial charge >= 0.3 is 0 Å². The molecule has 0 bridgehead atoms. The summed E-state index contributed by atoms with van der Waals surface area (Å²) >= 11 is 0. The molecule has 10 heteroatoms. The highest BCUT2D eigenvalue weighted by Gasteiger charge is 2.19. The maximum atomic E-state index is 9.63. The number of nitrogens with two attached hydrogens (primary N) is 1. The third-order valence-electron chi connectivity index (χ3n) is 7.34. The Labute approximate surface area is 223 Å². The van der Waals surface area contributed by atoms with Crippen LogP contribution >= 0.6 is 0 Å². The monoisotopic (exact) mass is 517 g/mol. The van der Waals surface area contributed by atoms with Crippen molar-refractivity contribution < 1.29 is 5.11 Å². The summed E-state index contributed by atoms with van der Waals surface area (Å²) in [5.74, 6) is 0.881. The van der Waals surface area contributed by atoms with E-state index in [0.29, 0.717) is 36.0 Å². The predicted molar refractivity (Wildman–Crippen MR) is 152 cm³/mol. The van der Waals surface area contributed by atoms with E-state index in [1.54, 1.807) is 0 Å². The molecule has 0 spiro atoms. The van der Waals surface area contributed by atoms with E-state index in [2.05, 4.69) is 52.4 Å². The second-order valence-corrected chi connectivity index (χ2v) is 10.3. The van der Waals surface area contributed by atoms with E-state index in [0.717, 1.165) is 48.9 Å². The molecule has 1 fully saturated rings. The van der Waals surface area contributed by atoms with Crippen molar-refractivity contribution in [1.29, 1.82) is 0 Å². The number of aromatic nitrogens is 5. The van der Waals surface area contributed by atoms with Gasteiger partial charge in [0.2, 0.25) is 5.95 Å². The molecule has 1 aromatic carbocycles. The van der Waals surface area contributed by atoms with Crippen molar-refractivity contribution in [1.82, 2.24) is 34.9 Å². The molecule has 4 heterocycles. The number of pyridine rings is 1. The van der Waals surface area contributed by atoms with E-state index in [1.807, 2.05) is 28.0 Å². The fourth-order valence-corrected chi connectivity index (χ4v) is 5.39. The fourth-order valence-electron chi connectivity index (χ4n) is 5.39. The molecule has 4 aromatic rings. The van der Waals surface area contributed by atoms with Gasteiger partial charge in [-0.05, 0) is 50.0 Å². The number of benzene rings is 1. The van der Waals surface area contributed by atoms with Gasteiger partial charge < -0.3 is 26.0 Å². The number of nitrogens with one attached hydrogen (secondary N) is 1. The van der Waals surface area contributed by atoms with E-state index in [4.69, 9.17) is 15.8 Å². The number of piperidine rings is 1. The van der Waals surface area contributed by atoms with Crippen molar-refractivity contribution in [2.75, 3.05) is 50.5 Å². The average Bonchev–Trinajstić information content (AvgIpc) is 3.32. The molecule has 1 saturated heterocycles. The van der Waals surface area contributed by atoms with E-state index in [-0.39, 0.29) is 12.6 Å². The molecule has 4 N–H and O–H groups in total. The maximum Gasteiger partial charge on any atom is 0.222 e. The summed E-state index contributed by atoms with van der Waals surface area (Å²) in [6.45, 7) is 7.07. The molecule has 3 aromatic heterocycles. The zero-order chi connectivity index (χ0) is 26.5. The number of likely N-dealkylation sites (tertiary alicyclic amines) is 1. The molecule has 1 aliphatic heterocycles. The Bertz CT molecular complexity index is 1370. The molecule has 5 rings (SSSR count). The van der Waals surface area contributed by atoms with E-state index < -0.39 is 0 Å². The number of aliphatic hydroxyl groups excluding tert-OH is 1. The van der Waals surface area contributed by atoms with Crippen molar-refractivity contribution in [2.24, 2.45) is 0 Å². The first-order chi connectivity index (χ1) is 18.6. The minimum atomic E-state index is 0.0339. The van der Waals surface area contributed by atoms with Crippen LogP contribution in [0.2, 0.25) is 0 Å². The van der Waals surface area contributed by atoms with Crippen molar-refractivity contribution >= 4 is 33.7 Å². The molecule has 1 aliphatic rings. The first-order valence-electron chi connectivity index (χ1n) is 13.7. The van der Waals surface area contributed by atoms with Crippen molar-refractivity contribution in [3.05, 3.63) is 47.8 Å². The summed E-state index contributed by atoms with van der Waals surface area (Å²) < 4.78 is 1.89. The topological polar surface area (TPSA) is 121 Å². The molecule has 0 saturated carbocycles. The molecule has 0 aliphatic carbocycles. The lowest BCUT2D eigenvalue weighted by Gasteiger charge is -2.30. The van der Waals surface area contributed by atoms with Crippen LogP contribution in [0.4, 0.5) is 11.8 Å². The van der Waals surface area contributed by atoms with Gasteiger partial charge in [0.05, 0.1) is 24.9 Å². The van der Waals surface area contributed by atoms with Gasteiger partial charge in [0.15, 0.2) is 11.3 Å². The van der Waals surface area contributed by atoms with Crippen LogP contribution in [-0.4, -0.2) is 80.6 Å². The van der Waals surface area contributed by atoms with Crippen LogP contribution in [0.3, 0.4) is 0 Å². The quantitative estimate of drug-likeness (QED) is 0.276. The van der Waals surface area contributed by atoms with Gasteiger partial charge in [-0.25, -0.2) is 4.98 Å². The number of nitrogens with zero attached hydrogens (tertiary/aromatic N) is 7. The lowest BCUT2D eigenvalue weighted by atomic mass is 10.0. The van der Waals surface area contributed by atoms with Gasteiger partial charge in [-0.15, -0.1) is 0 Å². The van der Waals surface area contributed by atoms with Gasteiger partial charge in [0.25, 0.3) is 0 Å². The van der Waals surface area contributed by atoms with Crippen LogP contribution in [0.5, 0.6) is 0 Å². The molecule has 202 valence electrons. The molecular weight excluding hydrogens is 478 g/mol. The summed E-state index contributed by atoms with van der Waals surface area (Å²) in [6.07, 6.45) is 8.25. The Morgan fingerprint density at radius 1 is 1.16 bits per heavy atom. The highest BCUT2D eigenvalue weighted by Crippen LogP contribution is 2.26. The number of hydrogen-bond acceptors (Lipinski definition) is 9. The predicted octanol–water partition coefficient (Wildman–Crippen LogP) is 2.79. The summed E-state index contributed by atoms with van der Waals surface area (Å²) in [7, 11) is 2.19. The van der Waals surface area contributed by atoms with E-state index >= 15 is 0 Å². The van der Waals surface area contributed by atoms with Crippen LogP contribution in [0.1, 0.15) is 43.7 Å². The summed E-state index contributed by atoms with van der Waals surface area (Å²) in [5, 5.41) is 19.4. The van der Waals surface area contributed by atoms with Crippen molar-refractivity contribution in [3.8, 4) is 0 Å². The third kappa shape index (κ3) is 5.87. The number of nitrogen functional groups attached to an aromatic ring is 1. The highest BCUT2D eigenvalue weighted by molar-refractivity contribution is 5.87. The van der Waals surface area contributed by atoms with Crippen LogP contribution in [0.25, 0.3) is 21.9 Å². The number of fused-ring (bicyclic) bond motifs is 2. The van der Waals surface area contributed by atoms with Crippen LogP contribution < -0.4 is 16.0 Å². The molecule has 1 atom stereocenters. The number of likely N-dealkylation sites (N-methyl/N-ethyl adjacent to an activating group) is 1. The number of aliphatic hydroxyl groups is 1. The Morgan fingerprint density at radius 3 is 2.84 bits per heavy atom. The summed E-state index contributed by atoms with van der Waals surface area (Å²) in [4.78, 5) is 18.1. The first-order valence-corrected chi connectivity index (χ1v) is 13.7. The third-order valence-corrected chi connectivity index (χ3v) is 7.34. The Balaban J connectivity index is 1.41. The SMILES string of the molecule is CCCCN(CCO)c1nc(N)nc2cn(Cc3ccc(CN[C@H]4CCCN(C)C4)c4cccnc34)nc12. The normalized spacial score (nSPS) is 16.4. The smallest absolute Gasteiger partial charge is 0.222 e. The van der Waals surface area contributed by atoms with Crippen molar-refractivity contribution in [2.45, 2.75) is 51.7 Å². The highest BCUT2D eigenvalue weighted by atomic mass is 16.3. The first kappa shape index (κ1) is 26.3. The van der Waals surface area contributed by atoms with Crippen LogP contribution in [-0.2, 0) is 13.1 Å². The summed E-state index contributed by atoms with van der Waals surface area (Å²) in [5.41, 5.74) is 10.8. The van der Waals surface area contributed by atoms with Gasteiger partial charge in [0.1, 0.15) is 5.52 Å². The zero-order valence-electron chi connectivity index (χ0n) is 22.5. The largest absolute Gasteiger partial charge is 0.395 e. The summed E-state index contributed by atoms with van der Waals surface area (Å²) in [6, 6.07) is 9.04. The van der Waals surface area contributed by atoms with Crippen LogP contribution in [0, 0.1) is 0 Å². The number of unbranched alkanes of at least 4 members (excludes halogenated alkanes) is 1. The minimum Gasteiger partial charge on any atom is -0.395 e. The lowest BCUT2D eigenvalue weighted by Crippen LogP contribution is -2.43. The average molecular weight is 518 g/mol. The second-order valence-electron chi connectivity index (χ2n) is 10.3. The zero-order valence-corrected chi connectivity index (χ0v) is 22.5.